The minimum Gasteiger partial charge on any atom is -0.365 e. The lowest BCUT2D eigenvalue weighted by Gasteiger charge is -2.40. The van der Waals surface area contributed by atoms with Crippen LogP contribution < -0.4 is 0 Å². The SMILES string of the molecule is Cc1ccc(C(OC2C[C@H]3CC[C@@H](C2)N3CCC(C)C)c2ccccc2)cc1. The summed E-state index contributed by atoms with van der Waals surface area (Å²) in [6.45, 7) is 8.08. The molecule has 2 aliphatic rings. The summed E-state index contributed by atoms with van der Waals surface area (Å²) in [7, 11) is 0. The van der Waals surface area contributed by atoms with Gasteiger partial charge in [0.15, 0.2) is 0 Å². The van der Waals surface area contributed by atoms with Crippen molar-refractivity contribution in [3.63, 3.8) is 0 Å². The Morgan fingerprint density at radius 3 is 2.11 bits per heavy atom. The second-order valence-electron chi connectivity index (χ2n) is 9.24. The fourth-order valence-electron chi connectivity index (χ4n) is 5.02. The summed E-state index contributed by atoms with van der Waals surface area (Å²) in [4.78, 5) is 2.79. The van der Waals surface area contributed by atoms with E-state index in [2.05, 4.69) is 80.3 Å². The van der Waals surface area contributed by atoms with Crippen molar-refractivity contribution in [2.24, 2.45) is 5.92 Å². The molecule has 150 valence electrons. The summed E-state index contributed by atoms with van der Waals surface area (Å²) in [5, 5.41) is 0. The number of rotatable bonds is 7. The average molecular weight is 378 g/mol. The van der Waals surface area contributed by atoms with Crippen molar-refractivity contribution in [2.75, 3.05) is 6.54 Å². The van der Waals surface area contributed by atoms with Gasteiger partial charge in [0.2, 0.25) is 0 Å². The van der Waals surface area contributed by atoms with Crippen LogP contribution in [-0.4, -0.2) is 29.6 Å². The quantitative estimate of drug-likeness (QED) is 0.574. The largest absolute Gasteiger partial charge is 0.365 e. The maximum absolute atomic E-state index is 6.83. The first-order chi connectivity index (χ1) is 13.6. The standard InChI is InChI=1S/C26H35NO/c1-19(2)15-16-27-23-13-14-24(27)18-25(17-23)28-26(21-7-5-4-6-8-21)22-11-9-20(3)10-12-22/h4-12,19,23-26H,13-18H2,1-3H3/t23-,24+,25?,26?. The van der Waals surface area contributed by atoms with Crippen LogP contribution in [0.15, 0.2) is 54.6 Å². The Labute approximate surface area is 170 Å². The molecule has 0 aliphatic carbocycles. The molecule has 2 nitrogen and oxygen atoms in total. The highest BCUT2D eigenvalue weighted by molar-refractivity contribution is 5.32. The fraction of sp³-hybridized carbons (Fsp3) is 0.538. The molecular weight excluding hydrogens is 342 g/mol. The van der Waals surface area contributed by atoms with Crippen LogP contribution in [0.5, 0.6) is 0 Å². The smallest absolute Gasteiger partial charge is 0.108 e. The second kappa shape index (κ2) is 8.80. The summed E-state index contributed by atoms with van der Waals surface area (Å²) in [5.74, 6) is 0.789. The summed E-state index contributed by atoms with van der Waals surface area (Å²) in [5.41, 5.74) is 3.83. The molecule has 2 heteroatoms. The van der Waals surface area contributed by atoms with Crippen LogP contribution in [0.2, 0.25) is 0 Å². The van der Waals surface area contributed by atoms with Gasteiger partial charge in [-0.3, -0.25) is 4.90 Å². The van der Waals surface area contributed by atoms with E-state index in [1.54, 1.807) is 0 Å². The summed E-state index contributed by atoms with van der Waals surface area (Å²) in [6.07, 6.45) is 6.78. The monoisotopic (exact) mass is 377 g/mol. The zero-order valence-electron chi connectivity index (χ0n) is 17.7. The number of benzene rings is 2. The Morgan fingerprint density at radius 2 is 1.50 bits per heavy atom. The van der Waals surface area contributed by atoms with Gasteiger partial charge in [-0.15, -0.1) is 0 Å². The molecule has 2 bridgehead atoms. The summed E-state index contributed by atoms with van der Waals surface area (Å²) < 4.78 is 6.83. The van der Waals surface area contributed by atoms with Crippen molar-refractivity contribution in [1.82, 2.24) is 4.90 Å². The first-order valence-corrected chi connectivity index (χ1v) is 11.1. The molecular formula is C26H35NO. The van der Waals surface area contributed by atoms with Gasteiger partial charge < -0.3 is 4.74 Å². The third-order valence-corrected chi connectivity index (χ3v) is 6.62. The molecule has 2 saturated heterocycles. The van der Waals surface area contributed by atoms with Gasteiger partial charge in [-0.05, 0) is 62.6 Å². The summed E-state index contributed by atoms with van der Waals surface area (Å²) >= 11 is 0. The third-order valence-electron chi connectivity index (χ3n) is 6.62. The molecule has 0 N–H and O–H groups in total. The molecule has 0 radical (unpaired) electrons. The van der Waals surface area contributed by atoms with Gasteiger partial charge in [0.05, 0.1) is 6.10 Å². The fourth-order valence-corrected chi connectivity index (χ4v) is 5.02. The van der Waals surface area contributed by atoms with Crippen molar-refractivity contribution in [1.29, 1.82) is 0 Å². The van der Waals surface area contributed by atoms with E-state index in [1.165, 1.54) is 55.3 Å². The van der Waals surface area contributed by atoms with Gasteiger partial charge in [0, 0.05) is 12.1 Å². The van der Waals surface area contributed by atoms with E-state index in [0.717, 1.165) is 18.0 Å². The lowest BCUT2D eigenvalue weighted by atomic mass is 9.96. The molecule has 4 atom stereocenters. The molecule has 0 saturated carbocycles. The van der Waals surface area contributed by atoms with Crippen LogP contribution in [-0.2, 0) is 4.74 Å². The van der Waals surface area contributed by atoms with E-state index in [1.807, 2.05) is 0 Å². The predicted molar refractivity (Wildman–Crippen MR) is 117 cm³/mol. The number of hydrogen-bond donors (Lipinski definition) is 0. The average Bonchev–Trinajstić information content (AvgIpc) is 2.94. The number of nitrogens with zero attached hydrogens (tertiary/aromatic N) is 1. The van der Waals surface area contributed by atoms with Crippen molar-refractivity contribution in [3.8, 4) is 0 Å². The van der Waals surface area contributed by atoms with Gasteiger partial charge in [0.1, 0.15) is 6.10 Å². The highest BCUT2D eigenvalue weighted by atomic mass is 16.5. The topological polar surface area (TPSA) is 12.5 Å². The van der Waals surface area contributed by atoms with Gasteiger partial charge in [-0.2, -0.15) is 0 Å². The molecule has 0 amide bonds. The van der Waals surface area contributed by atoms with Crippen LogP contribution in [0.3, 0.4) is 0 Å². The van der Waals surface area contributed by atoms with Crippen molar-refractivity contribution < 1.29 is 4.74 Å². The Balaban J connectivity index is 1.48. The highest BCUT2D eigenvalue weighted by Crippen LogP contribution is 2.40. The number of ether oxygens (including phenoxy) is 1. The molecule has 2 unspecified atom stereocenters. The van der Waals surface area contributed by atoms with Crippen molar-refractivity contribution in [3.05, 3.63) is 71.3 Å². The number of hydrogen-bond acceptors (Lipinski definition) is 2. The molecule has 2 aromatic rings. The molecule has 0 spiro atoms. The zero-order chi connectivity index (χ0) is 19.5. The Kier molecular flexibility index (Phi) is 6.18. The second-order valence-corrected chi connectivity index (χ2v) is 9.24. The van der Waals surface area contributed by atoms with Crippen molar-refractivity contribution in [2.45, 2.75) is 77.2 Å². The first kappa shape index (κ1) is 19.7. The van der Waals surface area contributed by atoms with E-state index >= 15 is 0 Å². The molecule has 2 fully saturated rings. The third kappa shape index (κ3) is 4.50. The number of fused-ring (bicyclic) bond motifs is 2. The lowest BCUT2D eigenvalue weighted by molar-refractivity contribution is -0.0488. The van der Waals surface area contributed by atoms with Crippen LogP contribution in [0.25, 0.3) is 0 Å². The molecule has 4 rings (SSSR count). The minimum absolute atomic E-state index is 0.0356. The van der Waals surface area contributed by atoms with Gasteiger partial charge in [-0.25, -0.2) is 0 Å². The Bertz CT molecular complexity index is 725. The molecule has 2 aliphatic heterocycles. The van der Waals surface area contributed by atoms with Crippen LogP contribution in [0.4, 0.5) is 0 Å². The van der Waals surface area contributed by atoms with Crippen LogP contribution in [0, 0.1) is 12.8 Å². The highest BCUT2D eigenvalue weighted by Gasteiger charge is 2.41. The first-order valence-electron chi connectivity index (χ1n) is 11.1. The Hall–Kier alpha value is -1.64. The van der Waals surface area contributed by atoms with Gasteiger partial charge in [0.25, 0.3) is 0 Å². The van der Waals surface area contributed by atoms with Gasteiger partial charge >= 0.3 is 0 Å². The summed E-state index contributed by atoms with van der Waals surface area (Å²) in [6, 6.07) is 21.1. The van der Waals surface area contributed by atoms with Crippen LogP contribution >= 0.6 is 0 Å². The molecule has 28 heavy (non-hydrogen) atoms. The van der Waals surface area contributed by atoms with Crippen LogP contribution in [0.1, 0.15) is 68.7 Å². The molecule has 2 aromatic carbocycles. The van der Waals surface area contributed by atoms with E-state index in [0.29, 0.717) is 6.10 Å². The maximum Gasteiger partial charge on any atom is 0.108 e. The van der Waals surface area contributed by atoms with E-state index in [9.17, 15) is 0 Å². The normalized spacial score (nSPS) is 25.9. The zero-order valence-corrected chi connectivity index (χ0v) is 17.7. The number of piperidine rings is 1. The van der Waals surface area contributed by atoms with Gasteiger partial charge in [-0.1, -0.05) is 74.0 Å². The Morgan fingerprint density at radius 1 is 0.893 bits per heavy atom. The van der Waals surface area contributed by atoms with Crippen molar-refractivity contribution >= 4 is 0 Å². The van der Waals surface area contributed by atoms with E-state index < -0.39 is 0 Å². The van der Waals surface area contributed by atoms with E-state index in [-0.39, 0.29) is 6.10 Å². The number of aryl methyl sites for hydroxylation is 1. The maximum atomic E-state index is 6.83. The minimum atomic E-state index is 0.0356. The molecule has 2 heterocycles. The van der Waals surface area contributed by atoms with E-state index in [4.69, 9.17) is 4.74 Å². The predicted octanol–water partition coefficient (Wildman–Crippen LogP) is 6.14. The molecule has 0 aromatic heterocycles. The lowest BCUT2D eigenvalue weighted by Crippen LogP contribution is -2.46.